The Morgan fingerprint density at radius 2 is 1.43 bits per heavy atom. The zero-order valence-corrected chi connectivity index (χ0v) is 7.85. The first-order valence-corrected chi connectivity index (χ1v) is 4.64. The first-order valence-electron chi connectivity index (χ1n) is 4.64. The Kier molecular flexibility index (Phi) is 2.61. The molecule has 2 aromatic carbocycles. The zero-order chi connectivity index (χ0) is 9.80. The van der Waals surface area contributed by atoms with Gasteiger partial charge in [-0.25, -0.2) is 0 Å². The van der Waals surface area contributed by atoms with Crippen LogP contribution in [0.1, 0.15) is 17.2 Å². The molecule has 69 valence electrons. The molecule has 0 amide bonds. The van der Waals surface area contributed by atoms with Crippen LogP contribution in [0.3, 0.4) is 0 Å². The van der Waals surface area contributed by atoms with E-state index < -0.39 is 0 Å². The molecule has 2 rings (SSSR count). The maximum absolute atomic E-state index is 6.10. The van der Waals surface area contributed by atoms with Crippen LogP contribution in [-0.2, 0) is 0 Å². The van der Waals surface area contributed by atoms with Crippen molar-refractivity contribution >= 4 is 0 Å². The van der Waals surface area contributed by atoms with Crippen molar-refractivity contribution in [2.24, 2.45) is 5.73 Å². The highest BCUT2D eigenvalue weighted by atomic mass is 14.6. The van der Waals surface area contributed by atoms with E-state index in [-0.39, 0.29) is 6.04 Å². The van der Waals surface area contributed by atoms with Crippen molar-refractivity contribution < 1.29 is 0 Å². The van der Waals surface area contributed by atoms with Crippen molar-refractivity contribution in [3.8, 4) is 0 Å². The van der Waals surface area contributed by atoms with Crippen molar-refractivity contribution in [1.29, 1.82) is 0 Å². The van der Waals surface area contributed by atoms with E-state index in [2.05, 4.69) is 6.07 Å². The molecule has 1 nitrogen and oxygen atoms in total. The van der Waals surface area contributed by atoms with E-state index >= 15 is 0 Å². The van der Waals surface area contributed by atoms with Crippen LogP contribution in [0.5, 0.6) is 0 Å². The third-order valence-corrected chi connectivity index (χ3v) is 2.26. The minimum atomic E-state index is -0.0363. The Balaban J connectivity index is 2.30. The molecular weight excluding hydrogens is 170 g/mol. The molecule has 1 radical (unpaired) electrons. The third-order valence-electron chi connectivity index (χ3n) is 2.26. The molecule has 0 aliphatic rings. The Bertz CT molecular complexity index is 341. The highest BCUT2D eigenvalue weighted by Crippen LogP contribution is 2.17. The second-order valence-corrected chi connectivity index (χ2v) is 3.22. The molecule has 0 bridgehead atoms. The molecular formula is C13H12N. The predicted molar refractivity (Wildman–Crippen MR) is 57.8 cm³/mol. The van der Waals surface area contributed by atoms with Gasteiger partial charge in [0.25, 0.3) is 0 Å². The van der Waals surface area contributed by atoms with Gasteiger partial charge in [0.2, 0.25) is 0 Å². The summed E-state index contributed by atoms with van der Waals surface area (Å²) < 4.78 is 0. The van der Waals surface area contributed by atoms with Gasteiger partial charge in [-0.3, -0.25) is 0 Å². The van der Waals surface area contributed by atoms with Crippen LogP contribution in [0, 0.1) is 6.07 Å². The molecule has 2 aromatic rings. The molecule has 1 heteroatoms. The summed E-state index contributed by atoms with van der Waals surface area (Å²) in [5.41, 5.74) is 8.36. The van der Waals surface area contributed by atoms with Gasteiger partial charge in [0, 0.05) is 0 Å². The van der Waals surface area contributed by atoms with Crippen molar-refractivity contribution in [2.75, 3.05) is 0 Å². The number of hydrogen-bond acceptors (Lipinski definition) is 1. The van der Waals surface area contributed by atoms with Crippen molar-refractivity contribution in [2.45, 2.75) is 6.04 Å². The fourth-order valence-electron chi connectivity index (χ4n) is 1.46. The SMILES string of the molecule is NC(c1cc[c]cc1)c1ccccc1. The van der Waals surface area contributed by atoms with Crippen LogP contribution in [-0.4, -0.2) is 0 Å². The van der Waals surface area contributed by atoms with Crippen molar-refractivity contribution in [3.63, 3.8) is 0 Å². The van der Waals surface area contributed by atoms with Gasteiger partial charge in [0.1, 0.15) is 0 Å². The van der Waals surface area contributed by atoms with E-state index in [4.69, 9.17) is 5.73 Å². The lowest BCUT2D eigenvalue weighted by atomic mass is 10.00. The molecule has 14 heavy (non-hydrogen) atoms. The maximum Gasteiger partial charge on any atom is 0.0551 e. The van der Waals surface area contributed by atoms with Crippen LogP contribution in [0.15, 0.2) is 54.6 Å². The summed E-state index contributed by atoms with van der Waals surface area (Å²) in [7, 11) is 0. The molecule has 1 unspecified atom stereocenters. The summed E-state index contributed by atoms with van der Waals surface area (Å²) in [6.07, 6.45) is 0. The fourth-order valence-corrected chi connectivity index (χ4v) is 1.46. The molecule has 0 fully saturated rings. The van der Waals surface area contributed by atoms with Crippen LogP contribution < -0.4 is 5.73 Å². The quantitative estimate of drug-likeness (QED) is 0.758. The van der Waals surface area contributed by atoms with E-state index in [0.29, 0.717) is 0 Å². The topological polar surface area (TPSA) is 26.0 Å². The lowest BCUT2D eigenvalue weighted by Crippen LogP contribution is -2.11. The summed E-state index contributed by atoms with van der Waals surface area (Å²) >= 11 is 0. The Labute approximate surface area is 84.2 Å². The third kappa shape index (κ3) is 1.83. The normalized spacial score (nSPS) is 10.4. The van der Waals surface area contributed by atoms with Gasteiger partial charge >= 0.3 is 0 Å². The fraction of sp³-hybridized carbons (Fsp3) is 0.0769. The summed E-state index contributed by atoms with van der Waals surface area (Å²) in [4.78, 5) is 0. The number of hydrogen-bond donors (Lipinski definition) is 1. The van der Waals surface area contributed by atoms with E-state index in [1.807, 2.05) is 54.6 Å². The average molecular weight is 182 g/mol. The molecule has 0 aliphatic carbocycles. The summed E-state index contributed by atoms with van der Waals surface area (Å²) in [5.74, 6) is 0. The summed E-state index contributed by atoms with van der Waals surface area (Å²) in [6.45, 7) is 0. The predicted octanol–water partition coefficient (Wildman–Crippen LogP) is 2.53. The van der Waals surface area contributed by atoms with E-state index in [9.17, 15) is 0 Å². The monoisotopic (exact) mass is 182 g/mol. The minimum Gasteiger partial charge on any atom is -0.320 e. The molecule has 0 aromatic heterocycles. The molecule has 0 spiro atoms. The second-order valence-electron chi connectivity index (χ2n) is 3.22. The summed E-state index contributed by atoms with van der Waals surface area (Å²) in [6, 6.07) is 20.8. The largest absolute Gasteiger partial charge is 0.320 e. The molecule has 0 saturated heterocycles. The second kappa shape index (κ2) is 4.07. The smallest absolute Gasteiger partial charge is 0.0551 e. The van der Waals surface area contributed by atoms with Gasteiger partial charge < -0.3 is 5.73 Å². The molecule has 0 aliphatic heterocycles. The Morgan fingerprint density at radius 3 is 2.07 bits per heavy atom. The average Bonchev–Trinajstić information content (AvgIpc) is 2.30. The van der Waals surface area contributed by atoms with Crippen LogP contribution in [0.4, 0.5) is 0 Å². The molecule has 0 saturated carbocycles. The molecule has 0 heterocycles. The lowest BCUT2D eigenvalue weighted by molar-refractivity contribution is 0.871. The Morgan fingerprint density at radius 1 is 0.857 bits per heavy atom. The maximum atomic E-state index is 6.10. The van der Waals surface area contributed by atoms with Crippen LogP contribution >= 0.6 is 0 Å². The first-order chi connectivity index (χ1) is 6.88. The number of rotatable bonds is 2. The van der Waals surface area contributed by atoms with Crippen molar-refractivity contribution in [1.82, 2.24) is 0 Å². The molecule has 2 N–H and O–H groups in total. The van der Waals surface area contributed by atoms with Crippen molar-refractivity contribution in [3.05, 3.63) is 71.8 Å². The van der Waals surface area contributed by atoms with E-state index in [0.717, 1.165) is 11.1 Å². The van der Waals surface area contributed by atoms with Crippen LogP contribution in [0.2, 0.25) is 0 Å². The van der Waals surface area contributed by atoms with Gasteiger partial charge in [-0.05, 0) is 17.2 Å². The van der Waals surface area contributed by atoms with Gasteiger partial charge in [0.05, 0.1) is 6.04 Å². The number of benzene rings is 2. The van der Waals surface area contributed by atoms with Gasteiger partial charge in [-0.15, -0.1) is 0 Å². The van der Waals surface area contributed by atoms with Gasteiger partial charge in [-0.2, -0.15) is 0 Å². The first kappa shape index (κ1) is 8.97. The highest BCUT2D eigenvalue weighted by molar-refractivity contribution is 5.30. The molecule has 1 atom stereocenters. The van der Waals surface area contributed by atoms with E-state index in [1.54, 1.807) is 0 Å². The standard InChI is InChI=1S/C13H12N/c14-13(11-7-3-1-4-8-11)12-9-5-2-6-10-12/h1,3-10,13H,14H2. The number of nitrogens with two attached hydrogens (primary N) is 1. The lowest BCUT2D eigenvalue weighted by Gasteiger charge is -2.11. The summed E-state index contributed by atoms with van der Waals surface area (Å²) in [5, 5.41) is 0. The highest BCUT2D eigenvalue weighted by Gasteiger charge is 2.06. The van der Waals surface area contributed by atoms with Gasteiger partial charge in [0.15, 0.2) is 0 Å². The Hall–Kier alpha value is -1.60. The van der Waals surface area contributed by atoms with E-state index in [1.165, 1.54) is 0 Å². The zero-order valence-electron chi connectivity index (χ0n) is 7.85. The van der Waals surface area contributed by atoms with Gasteiger partial charge in [-0.1, -0.05) is 54.6 Å². The van der Waals surface area contributed by atoms with Crippen LogP contribution in [0.25, 0.3) is 0 Å². The minimum absolute atomic E-state index is 0.0363.